The number of piperazine rings is 1. The summed E-state index contributed by atoms with van der Waals surface area (Å²) in [5.74, 6) is 0.815. The lowest BCUT2D eigenvalue weighted by Gasteiger charge is -2.39. The quantitative estimate of drug-likeness (QED) is 0.768. The molecule has 1 heterocycles. The van der Waals surface area contributed by atoms with Gasteiger partial charge in [-0.05, 0) is 45.1 Å². The van der Waals surface area contributed by atoms with Crippen LogP contribution in [-0.2, 0) is 0 Å². The fourth-order valence-electron chi connectivity index (χ4n) is 2.71. The lowest BCUT2D eigenvalue weighted by atomic mass is 10.1. The molecule has 2 nitrogen and oxygen atoms in total. The summed E-state index contributed by atoms with van der Waals surface area (Å²) in [6, 6.07) is 1.02. The molecule has 0 aromatic carbocycles. The number of halogens is 3. The highest BCUT2D eigenvalue weighted by atomic mass is 19.4. The summed E-state index contributed by atoms with van der Waals surface area (Å²) in [4.78, 5) is 2.36. The minimum absolute atomic E-state index is 0.258. The monoisotopic (exact) mass is 264 g/mol. The van der Waals surface area contributed by atoms with Crippen LogP contribution in [0.4, 0.5) is 13.2 Å². The zero-order valence-corrected chi connectivity index (χ0v) is 11.0. The van der Waals surface area contributed by atoms with Crippen LogP contribution in [0.2, 0.25) is 0 Å². The number of hydrogen-bond donors (Lipinski definition) is 1. The smallest absolute Gasteiger partial charge is 0.311 e. The maximum absolute atomic E-state index is 12.1. The molecule has 2 rings (SSSR count). The van der Waals surface area contributed by atoms with Gasteiger partial charge in [0, 0.05) is 31.6 Å². The van der Waals surface area contributed by atoms with Crippen molar-refractivity contribution in [2.24, 2.45) is 5.92 Å². The summed E-state index contributed by atoms with van der Waals surface area (Å²) >= 11 is 0. The van der Waals surface area contributed by atoms with E-state index >= 15 is 0 Å². The van der Waals surface area contributed by atoms with Gasteiger partial charge < -0.3 is 5.32 Å². The Hall–Kier alpha value is -0.290. The first kappa shape index (κ1) is 14.1. The Balaban J connectivity index is 1.66. The molecule has 0 aromatic heterocycles. The average Bonchev–Trinajstić information content (AvgIpc) is 3.09. The molecule has 0 spiro atoms. The van der Waals surface area contributed by atoms with Crippen LogP contribution in [0.5, 0.6) is 0 Å². The SMILES string of the molecule is CC1CNC(C2CC2)CN1CCCCC(F)(F)F. The van der Waals surface area contributed by atoms with Gasteiger partial charge in [-0.15, -0.1) is 0 Å². The molecule has 1 saturated carbocycles. The Morgan fingerprint density at radius 1 is 1.22 bits per heavy atom. The van der Waals surface area contributed by atoms with Crippen molar-refractivity contribution in [3.05, 3.63) is 0 Å². The molecule has 18 heavy (non-hydrogen) atoms. The third kappa shape index (κ3) is 4.43. The summed E-state index contributed by atoms with van der Waals surface area (Å²) in [6.45, 7) is 4.94. The average molecular weight is 264 g/mol. The fourth-order valence-corrected chi connectivity index (χ4v) is 2.71. The molecular weight excluding hydrogens is 241 g/mol. The van der Waals surface area contributed by atoms with Gasteiger partial charge >= 0.3 is 6.18 Å². The molecular formula is C13H23F3N2. The second-order valence-corrected chi connectivity index (χ2v) is 5.77. The first-order valence-electron chi connectivity index (χ1n) is 7.00. The summed E-state index contributed by atoms with van der Waals surface area (Å²) in [5, 5.41) is 3.55. The Kier molecular flexibility index (Phi) is 4.54. The van der Waals surface area contributed by atoms with Crippen molar-refractivity contribution in [3.63, 3.8) is 0 Å². The van der Waals surface area contributed by atoms with Crippen LogP contribution >= 0.6 is 0 Å². The molecule has 0 aromatic rings. The number of hydrogen-bond acceptors (Lipinski definition) is 2. The van der Waals surface area contributed by atoms with Crippen LogP contribution in [0.1, 0.15) is 39.0 Å². The van der Waals surface area contributed by atoms with Crippen molar-refractivity contribution < 1.29 is 13.2 Å². The van der Waals surface area contributed by atoms with Crippen LogP contribution in [0.15, 0.2) is 0 Å². The van der Waals surface area contributed by atoms with Gasteiger partial charge in [0.1, 0.15) is 0 Å². The molecule has 1 N–H and O–H groups in total. The number of nitrogens with zero attached hydrogens (tertiary/aromatic N) is 1. The van der Waals surface area contributed by atoms with Crippen LogP contribution in [0.3, 0.4) is 0 Å². The largest absolute Gasteiger partial charge is 0.389 e. The first-order chi connectivity index (χ1) is 8.46. The number of nitrogens with one attached hydrogen (secondary N) is 1. The van der Waals surface area contributed by atoms with Gasteiger partial charge in [-0.25, -0.2) is 0 Å². The van der Waals surface area contributed by atoms with E-state index in [4.69, 9.17) is 0 Å². The first-order valence-corrected chi connectivity index (χ1v) is 7.00. The molecule has 2 atom stereocenters. The molecule has 106 valence electrons. The van der Waals surface area contributed by atoms with Crippen LogP contribution in [0.25, 0.3) is 0 Å². The molecule has 1 aliphatic carbocycles. The lowest BCUT2D eigenvalue weighted by molar-refractivity contribution is -0.135. The maximum Gasteiger partial charge on any atom is 0.389 e. The van der Waals surface area contributed by atoms with E-state index in [1.165, 1.54) is 12.8 Å². The Morgan fingerprint density at radius 3 is 2.56 bits per heavy atom. The predicted molar refractivity (Wildman–Crippen MR) is 65.5 cm³/mol. The molecule has 2 unspecified atom stereocenters. The highest BCUT2D eigenvalue weighted by Gasteiger charge is 2.35. The fraction of sp³-hybridized carbons (Fsp3) is 1.00. The minimum atomic E-state index is -3.99. The Bertz CT molecular complexity index is 263. The highest BCUT2D eigenvalue weighted by Crippen LogP contribution is 2.34. The van der Waals surface area contributed by atoms with Crippen LogP contribution in [0, 0.1) is 5.92 Å². The van der Waals surface area contributed by atoms with E-state index in [1.807, 2.05) is 0 Å². The van der Waals surface area contributed by atoms with Crippen molar-refractivity contribution in [2.75, 3.05) is 19.6 Å². The van der Waals surface area contributed by atoms with Gasteiger partial charge in [0.2, 0.25) is 0 Å². The van der Waals surface area contributed by atoms with Gasteiger partial charge in [0.15, 0.2) is 0 Å². The van der Waals surface area contributed by atoms with Crippen LogP contribution in [-0.4, -0.2) is 42.8 Å². The summed E-state index contributed by atoms with van der Waals surface area (Å²) in [7, 11) is 0. The number of unbranched alkanes of at least 4 members (excludes halogenated alkanes) is 1. The van der Waals surface area contributed by atoms with Gasteiger partial charge in [-0.2, -0.15) is 13.2 Å². The summed E-state index contributed by atoms with van der Waals surface area (Å²) < 4.78 is 36.2. The van der Waals surface area contributed by atoms with E-state index in [1.54, 1.807) is 0 Å². The van der Waals surface area contributed by atoms with E-state index in [2.05, 4.69) is 17.1 Å². The molecule has 2 fully saturated rings. The van der Waals surface area contributed by atoms with Gasteiger partial charge in [0.25, 0.3) is 0 Å². The standard InChI is InChI=1S/C13H23F3N2/c1-10-8-17-12(11-4-5-11)9-18(10)7-3-2-6-13(14,15)16/h10-12,17H,2-9H2,1H3. The zero-order valence-electron chi connectivity index (χ0n) is 11.0. The molecule has 0 bridgehead atoms. The molecule has 0 radical (unpaired) electrons. The van der Waals surface area contributed by atoms with Crippen molar-refractivity contribution in [1.29, 1.82) is 0 Å². The molecule has 1 aliphatic heterocycles. The third-order valence-corrected chi connectivity index (χ3v) is 4.08. The van der Waals surface area contributed by atoms with Gasteiger partial charge in [-0.3, -0.25) is 4.90 Å². The lowest BCUT2D eigenvalue weighted by Crippen LogP contribution is -2.56. The Labute approximate surface area is 107 Å². The highest BCUT2D eigenvalue weighted by molar-refractivity contribution is 4.93. The van der Waals surface area contributed by atoms with E-state index in [0.717, 1.165) is 25.6 Å². The summed E-state index contributed by atoms with van der Waals surface area (Å²) in [6.07, 6.45) is -1.09. The summed E-state index contributed by atoms with van der Waals surface area (Å²) in [5.41, 5.74) is 0. The van der Waals surface area contributed by atoms with Crippen molar-refractivity contribution in [3.8, 4) is 0 Å². The maximum atomic E-state index is 12.1. The van der Waals surface area contributed by atoms with Gasteiger partial charge in [-0.1, -0.05) is 0 Å². The van der Waals surface area contributed by atoms with E-state index in [-0.39, 0.29) is 6.42 Å². The van der Waals surface area contributed by atoms with Crippen molar-refractivity contribution >= 4 is 0 Å². The van der Waals surface area contributed by atoms with E-state index in [9.17, 15) is 13.2 Å². The zero-order chi connectivity index (χ0) is 13.2. The second kappa shape index (κ2) is 5.78. The molecule has 0 amide bonds. The minimum Gasteiger partial charge on any atom is -0.311 e. The second-order valence-electron chi connectivity index (χ2n) is 5.77. The van der Waals surface area contributed by atoms with Gasteiger partial charge in [0.05, 0.1) is 0 Å². The number of rotatable bonds is 5. The van der Waals surface area contributed by atoms with Crippen molar-refractivity contribution in [2.45, 2.75) is 57.3 Å². The third-order valence-electron chi connectivity index (χ3n) is 4.08. The topological polar surface area (TPSA) is 15.3 Å². The Morgan fingerprint density at radius 2 is 1.94 bits per heavy atom. The molecule has 1 saturated heterocycles. The van der Waals surface area contributed by atoms with Crippen LogP contribution < -0.4 is 5.32 Å². The van der Waals surface area contributed by atoms with E-state index in [0.29, 0.717) is 18.5 Å². The van der Waals surface area contributed by atoms with E-state index < -0.39 is 12.6 Å². The number of alkyl halides is 3. The molecule has 2 aliphatic rings. The normalized spacial score (nSPS) is 30.7. The van der Waals surface area contributed by atoms with Crippen molar-refractivity contribution in [1.82, 2.24) is 10.2 Å². The predicted octanol–water partition coefficient (Wildman–Crippen LogP) is 2.79. The molecule has 5 heteroatoms.